The summed E-state index contributed by atoms with van der Waals surface area (Å²) in [5.74, 6) is 0.276. The van der Waals surface area contributed by atoms with Crippen molar-refractivity contribution in [1.82, 2.24) is 10.2 Å². The number of hydrogen-bond acceptors (Lipinski definition) is 2. The summed E-state index contributed by atoms with van der Waals surface area (Å²) in [5.41, 5.74) is 2.35. The molecule has 3 nitrogen and oxygen atoms in total. The highest BCUT2D eigenvalue weighted by Crippen LogP contribution is 2.30. The average molecular weight is 274 g/mol. The van der Waals surface area contributed by atoms with E-state index in [9.17, 15) is 4.79 Å². The lowest BCUT2D eigenvalue weighted by atomic mass is 9.79. The third-order valence-electron chi connectivity index (χ3n) is 4.42. The Hall–Kier alpha value is -1.35. The van der Waals surface area contributed by atoms with Gasteiger partial charge in [-0.2, -0.15) is 0 Å². The van der Waals surface area contributed by atoms with Gasteiger partial charge in [0.05, 0.1) is 0 Å². The molecule has 3 heteroatoms. The molecule has 0 radical (unpaired) electrons. The number of benzene rings is 1. The Labute approximate surface area is 122 Å². The van der Waals surface area contributed by atoms with E-state index in [1.807, 2.05) is 11.9 Å². The van der Waals surface area contributed by atoms with Crippen LogP contribution in [0.5, 0.6) is 0 Å². The average Bonchev–Trinajstić information content (AvgIpc) is 2.48. The van der Waals surface area contributed by atoms with Crippen LogP contribution in [-0.4, -0.2) is 30.9 Å². The van der Waals surface area contributed by atoms with Gasteiger partial charge >= 0.3 is 0 Å². The Bertz CT molecular complexity index is 447. The number of piperidine rings is 1. The summed E-state index contributed by atoms with van der Waals surface area (Å²) in [6.45, 7) is 6.85. The summed E-state index contributed by atoms with van der Waals surface area (Å²) < 4.78 is 0. The van der Waals surface area contributed by atoms with Crippen molar-refractivity contribution >= 4 is 5.91 Å². The van der Waals surface area contributed by atoms with E-state index in [1.54, 1.807) is 0 Å². The zero-order valence-electron chi connectivity index (χ0n) is 12.9. The molecule has 1 aliphatic rings. The predicted octanol–water partition coefficient (Wildman–Crippen LogP) is 2.60. The number of carbonyl (C=O) groups excluding carboxylic acids is 1. The molecule has 0 atom stereocenters. The minimum absolute atomic E-state index is 0.191. The molecule has 0 saturated carbocycles. The zero-order valence-corrected chi connectivity index (χ0v) is 12.9. The van der Waals surface area contributed by atoms with E-state index in [4.69, 9.17) is 0 Å². The number of nitrogens with zero attached hydrogens (tertiary/aromatic N) is 1. The van der Waals surface area contributed by atoms with Gasteiger partial charge in [-0.05, 0) is 43.5 Å². The molecule has 1 heterocycles. The third kappa shape index (κ3) is 3.40. The first-order valence-electron chi connectivity index (χ1n) is 7.59. The van der Waals surface area contributed by atoms with Gasteiger partial charge in [0, 0.05) is 19.0 Å². The van der Waals surface area contributed by atoms with Crippen molar-refractivity contribution in [2.24, 2.45) is 5.41 Å². The summed E-state index contributed by atoms with van der Waals surface area (Å²) in [4.78, 5) is 14.5. The maximum atomic E-state index is 12.6. The Morgan fingerprint density at radius 1 is 1.20 bits per heavy atom. The van der Waals surface area contributed by atoms with E-state index >= 15 is 0 Å². The first-order valence-corrected chi connectivity index (χ1v) is 7.59. The molecule has 0 aliphatic carbocycles. The van der Waals surface area contributed by atoms with Crippen molar-refractivity contribution in [3.63, 3.8) is 0 Å². The lowest BCUT2D eigenvalue weighted by Crippen LogP contribution is -2.46. The summed E-state index contributed by atoms with van der Waals surface area (Å²) in [6.07, 6.45) is 2.93. The standard InChI is InChI=1S/C17H26N2O/c1-4-14-5-7-15(8-6-14)13-19(3)16(20)17(2)9-11-18-12-10-17/h5-8,18H,4,9-13H2,1-3H3. The van der Waals surface area contributed by atoms with E-state index in [1.165, 1.54) is 11.1 Å². The Morgan fingerprint density at radius 3 is 2.30 bits per heavy atom. The fourth-order valence-electron chi connectivity index (χ4n) is 2.88. The van der Waals surface area contributed by atoms with Gasteiger partial charge in [0.2, 0.25) is 5.91 Å². The van der Waals surface area contributed by atoms with Gasteiger partial charge < -0.3 is 10.2 Å². The highest BCUT2D eigenvalue weighted by Gasteiger charge is 2.36. The Kier molecular flexibility index (Phi) is 4.81. The molecule has 1 N–H and O–H groups in total. The number of carbonyl (C=O) groups is 1. The van der Waals surface area contributed by atoms with Crippen molar-refractivity contribution in [1.29, 1.82) is 0 Å². The van der Waals surface area contributed by atoms with Crippen LogP contribution in [0, 0.1) is 5.41 Å². The Morgan fingerprint density at radius 2 is 1.75 bits per heavy atom. The number of hydrogen-bond donors (Lipinski definition) is 1. The molecule has 20 heavy (non-hydrogen) atoms. The van der Waals surface area contributed by atoms with Gasteiger partial charge in [0.15, 0.2) is 0 Å². The topological polar surface area (TPSA) is 32.3 Å². The molecule has 1 saturated heterocycles. The second kappa shape index (κ2) is 6.40. The van der Waals surface area contributed by atoms with Crippen molar-refractivity contribution in [3.8, 4) is 0 Å². The van der Waals surface area contributed by atoms with E-state index in [0.717, 1.165) is 32.4 Å². The second-order valence-corrected chi connectivity index (χ2v) is 6.14. The molecular formula is C17H26N2O. The van der Waals surface area contributed by atoms with Gasteiger partial charge in [-0.25, -0.2) is 0 Å². The second-order valence-electron chi connectivity index (χ2n) is 6.14. The SMILES string of the molecule is CCc1ccc(CN(C)C(=O)C2(C)CCNCC2)cc1. The smallest absolute Gasteiger partial charge is 0.228 e. The lowest BCUT2D eigenvalue weighted by Gasteiger charge is -2.36. The fraction of sp³-hybridized carbons (Fsp3) is 0.588. The van der Waals surface area contributed by atoms with Crippen LogP contribution in [0.15, 0.2) is 24.3 Å². The van der Waals surface area contributed by atoms with Gasteiger partial charge in [-0.3, -0.25) is 4.79 Å². The Balaban J connectivity index is 1.99. The first kappa shape index (κ1) is 15.0. The largest absolute Gasteiger partial charge is 0.341 e. The minimum Gasteiger partial charge on any atom is -0.341 e. The van der Waals surface area contributed by atoms with Crippen LogP contribution < -0.4 is 5.32 Å². The highest BCUT2D eigenvalue weighted by molar-refractivity contribution is 5.82. The number of aryl methyl sites for hydroxylation is 1. The molecular weight excluding hydrogens is 248 g/mol. The molecule has 1 amide bonds. The molecule has 1 fully saturated rings. The predicted molar refractivity (Wildman–Crippen MR) is 82.5 cm³/mol. The number of amides is 1. The van der Waals surface area contributed by atoms with Crippen molar-refractivity contribution < 1.29 is 4.79 Å². The normalized spacial score (nSPS) is 17.8. The molecule has 1 aliphatic heterocycles. The summed E-state index contributed by atoms with van der Waals surface area (Å²) >= 11 is 0. The quantitative estimate of drug-likeness (QED) is 0.915. The van der Waals surface area contributed by atoms with Gasteiger partial charge in [-0.15, -0.1) is 0 Å². The highest BCUT2D eigenvalue weighted by atomic mass is 16.2. The lowest BCUT2D eigenvalue weighted by molar-refractivity contribution is -0.141. The van der Waals surface area contributed by atoms with E-state index in [-0.39, 0.29) is 11.3 Å². The van der Waals surface area contributed by atoms with Crippen LogP contribution >= 0.6 is 0 Å². The van der Waals surface area contributed by atoms with Crippen LogP contribution in [0.3, 0.4) is 0 Å². The molecule has 0 spiro atoms. The maximum absolute atomic E-state index is 12.6. The van der Waals surface area contributed by atoms with Crippen molar-refractivity contribution in [2.45, 2.75) is 39.7 Å². The van der Waals surface area contributed by atoms with Crippen LogP contribution in [0.4, 0.5) is 0 Å². The zero-order chi connectivity index (χ0) is 14.6. The van der Waals surface area contributed by atoms with E-state index in [2.05, 4.69) is 43.4 Å². The minimum atomic E-state index is -0.191. The maximum Gasteiger partial charge on any atom is 0.228 e. The van der Waals surface area contributed by atoms with Gasteiger partial charge in [0.25, 0.3) is 0 Å². The van der Waals surface area contributed by atoms with Crippen molar-refractivity contribution in [3.05, 3.63) is 35.4 Å². The third-order valence-corrected chi connectivity index (χ3v) is 4.42. The van der Waals surface area contributed by atoms with E-state index in [0.29, 0.717) is 6.54 Å². The van der Waals surface area contributed by atoms with Crippen LogP contribution in [0.1, 0.15) is 37.8 Å². The summed E-state index contributed by atoms with van der Waals surface area (Å²) in [7, 11) is 1.92. The monoisotopic (exact) mass is 274 g/mol. The van der Waals surface area contributed by atoms with Crippen molar-refractivity contribution in [2.75, 3.05) is 20.1 Å². The van der Waals surface area contributed by atoms with E-state index < -0.39 is 0 Å². The van der Waals surface area contributed by atoms with Gasteiger partial charge in [-0.1, -0.05) is 38.1 Å². The molecule has 1 aromatic rings. The number of rotatable bonds is 4. The molecule has 0 bridgehead atoms. The fourth-order valence-corrected chi connectivity index (χ4v) is 2.88. The molecule has 0 unspecified atom stereocenters. The van der Waals surface area contributed by atoms with Crippen LogP contribution in [0.25, 0.3) is 0 Å². The van der Waals surface area contributed by atoms with Gasteiger partial charge in [0.1, 0.15) is 0 Å². The number of nitrogens with one attached hydrogen (secondary N) is 1. The van der Waals surface area contributed by atoms with Crippen LogP contribution in [0.2, 0.25) is 0 Å². The molecule has 110 valence electrons. The molecule has 1 aromatic carbocycles. The molecule has 2 rings (SSSR count). The summed E-state index contributed by atoms with van der Waals surface area (Å²) in [6, 6.07) is 8.57. The first-order chi connectivity index (χ1) is 9.55. The van der Waals surface area contributed by atoms with Crippen LogP contribution in [-0.2, 0) is 17.8 Å². The summed E-state index contributed by atoms with van der Waals surface area (Å²) in [5, 5.41) is 3.33. The molecule has 0 aromatic heterocycles.